The average Bonchev–Trinajstić information content (AvgIpc) is 2.04. The zero-order valence-corrected chi connectivity index (χ0v) is 8.18. The molecule has 1 aliphatic rings. The molecule has 1 fully saturated rings. The average molecular weight is 143 g/mol. The van der Waals surface area contributed by atoms with Crippen molar-refractivity contribution in [2.75, 3.05) is 7.05 Å². The minimum absolute atomic E-state index is 0.810. The summed E-state index contributed by atoms with van der Waals surface area (Å²) < 4.78 is 0. The quantitative estimate of drug-likeness (QED) is 0.503. The smallest absolute Gasteiger partial charge is 0.0107 e. The van der Waals surface area contributed by atoms with Crippen molar-refractivity contribution >= 4 is 0 Å². The Labute approximate surface area is 65.4 Å². The van der Waals surface area contributed by atoms with Crippen LogP contribution in [-0.2, 0) is 0 Å². The van der Waals surface area contributed by atoms with Crippen LogP contribution in [0.15, 0.2) is 0 Å². The van der Waals surface area contributed by atoms with Crippen LogP contribution in [0, 0.1) is 5.92 Å². The van der Waals surface area contributed by atoms with Gasteiger partial charge < -0.3 is 4.90 Å². The Balaban J connectivity index is 0.000000371. The number of likely N-dealkylation sites (tertiary alicyclic amines) is 1. The molecule has 0 aromatic rings. The Kier molecular flexibility index (Phi) is 3.95. The standard InChI is InChI=1S/C7H15N.C2H6/c1-5-6(2)8(4)7(5)3;1-2/h5-7H,1-4H3;1-2H3. The maximum Gasteiger partial charge on any atom is 0.0107 e. The van der Waals surface area contributed by atoms with Gasteiger partial charge in [0.1, 0.15) is 0 Å². The van der Waals surface area contributed by atoms with Gasteiger partial charge in [-0.1, -0.05) is 20.8 Å². The van der Waals surface area contributed by atoms with Crippen LogP contribution < -0.4 is 0 Å². The van der Waals surface area contributed by atoms with Gasteiger partial charge in [0.15, 0.2) is 0 Å². The fourth-order valence-electron chi connectivity index (χ4n) is 1.41. The van der Waals surface area contributed by atoms with Crippen LogP contribution in [0.2, 0.25) is 0 Å². The van der Waals surface area contributed by atoms with E-state index in [1.165, 1.54) is 0 Å². The molecule has 2 atom stereocenters. The van der Waals surface area contributed by atoms with E-state index in [1.807, 2.05) is 13.8 Å². The van der Waals surface area contributed by atoms with Gasteiger partial charge in [-0.05, 0) is 26.8 Å². The summed E-state index contributed by atoms with van der Waals surface area (Å²) in [4.78, 5) is 2.41. The first-order valence-corrected chi connectivity index (χ1v) is 4.36. The molecule has 0 radical (unpaired) electrons. The summed E-state index contributed by atoms with van der Waals surface area (Å²) in [5, 5.41) is 0. The first kappa shape index (κ1) is 9.96. The van der Waals surface area contributed by atoms with Crippen molar-refractivity contribution in [3.05, 3.63) is 0 Å². The van der Waals surface area contributed by atoms with E-state index in [9.17, 15) is 0 Å². The molecule has 1 aliphatic heterocycles. The fraction of sp³-hybridized carbons (Fsp3) is 1.00. The second-order valence-electron chi connectivity index (χ2n) is 3.01. The van der Waals surface area contributed by atoms with E-state index in [4.69, 9.17) is 0 Å². The molecule has 1 heteroatoms. The van der Waals surface area contributed by atoms with E-state index in [0.717, 1.165) is 18.0 Å². The van der Waals surface area contributed by atoms with Gasteiger partial charge in [0.25, 0.3) is 0 Å². The molecular formula is C9H21N. The molecule has 0 saturated carbocycles. The van der Waals surface area contributed by atoms with Crippen LogP contribution in [0.25, 0.3) is 0 Å². The van der Waals surface area contributed by atoms with E-state index >= 15 is 0 Å². The monoisotopic (exact) mass is 143 g/mol. The summed E-state index contributed by atoms with van der Waals surface area (Å²) in [7, 11) is 2.19. The summed E-state index contributed by atoms with van der Waals surface area (Å²) in [5.74, 6) is 0.903. The first-order chi connectivity index (χ1) is 4.64. The number of nitrogens with zero attached hydrogens (tertiary/aromatic N) is 1. The number of rotatable bonds is 0. The van der Waals surface area contributed by atoms with Crippen molar-refractivity contribution in [2.24, 2.45) is 5.92 Å². The molecule has 0 bridgehead atoms. The summed E-state index contributed by atoms with van der Waals surface area (Å²) in [5.41, 5.74) is 0. The highest BCUT2D eigenvalue weighted by molar-refractivity contribution is 4.90. The van der Waals surface area contributed by atoms with Crippen molar-refractivity contribution in [1.29, 1.82) is 0 Å². The van der Waals surface area contributed by atoms with Crippen molar-refractivity contribution in [3.8, 4) is 0 Å². The summed E-state index contributed by atoms with van der Waals surface area (Å²) in [6.07, 6.45) is 0. The summed E-state index contributed by atoms with van der Waals surface area (Å²) in [6.45, 7) is 10.9. The van der Waals surface area contributed by atoms with Gasteiger partial charge >= 0.3 is 0 Å². The second-order valence-corrected chi connectivity index (χ2v) is 3.01. The van der Waals surface area contributed by atoms with E-state index in [1.54, 1.807) is 0 Å². The van der Waals surface area contributed by atoms with Crippen molar-refractivity contribution < 1.29 is 0 Å². The lowest BCUT2D eigenvalue weighted by molar-refractivity contribution is -0.00127. The molecule has 10 heavy (non-hydrogen) atoms. The van der Waals surface area contributed by atoms with Crippen molar-refractivity contribution in [2.45, 2.75) is 46.7 Å². The van der Waals surface area contributed by atoms with E-state index in [0.29, 0.717) is 0 Å². The molecule has 2 unspecified atom stereocenters. The van der Waals surface area contributed by atoms with Crippen LogP contribution in [-0.4, -0.2) is 24.0 Å². The van der Waals surface area contributed by atoms with E-state index < -0.39 is 0 Å². The van der Waals surface area contributed by atoms with Gasteiger partial charge in [0.2, 0.25) is 0 Å². The lowest BCUT2D eigenvalue weighted by atomic mass is 9.84. The minimum Gasteiger partial charge on any atom is -0.300 e. The van der Waals surface area contributed by atoms with Gasteiger partial charge in [-0.2, -0.15) is 0 Å². The molecule has 1 heterocycles. The molecular weight excluding hydrogens is 122 g/mol. The molecule has 0 aromatic carbocycles. The lowest BCUT2D eigenvalue weighted by Crippen LogP contribution is -2.57. The molecule has 1 saturated heterocycles. The number of hydrogen-bond donors (Lipinski definition) is 0. The number of hydrogen-bond acceptors (Lipinski definition) is 1. The summed E-state index contributed by atoms with van der Waals surface area (Å²) in [6, 6.07) is 1.62. The Morgan fingerprint density at radius 2 is 1.20 bits per heavy atom. The van der Waals surface area contributed by atoms with Crippen LogP contribution in [0.3, 0.4) is 0 Å². The molecule has 0 aliphatic carbocycles. The van der Waals surface area contributed by atoms with Crippen LogP contribution in [0.5, 0.6) is 0 Å². The Bertz CT molecular complexity index is 58.7. The van der Waals surface area contributed by atoms with Crippen molar-refractivity contribution in [1.82, 2.24) is 4.90 Å². The third-order valence-corrected chi connectivity index (χ3v) is 2.81. The molecule has 0 N–H and O–H groups in total. The normalized spacial score (nSPS) is 39.6. The maximum absolute atomic E-state index is 2.41. The molecule has 0 spiro atoms. The predicted molar refractivity (Wildman–Crippen MR) is 47.2 cm³/mol. The Morgan fingerprint density at radius 1 is 0.900 bits per heavy atom. The molecule has 1 rings (SSSR count). The predicted octanol–water partition coefficient (Wildman–Crippen LogP) is 2.37. The van der Waals surface area contributed by atoms with Crippen LogP contribution in [0.4, 0.5) is 0 Å². The van der Waals surface area contributed by atoms with Gasteiger partial charge in [0.05, 0.1) is 0 Å². The highest BCUT2D eigenvalue weighted by atomic mass is 15.2. The van der Waals surface area contributed by atoms with Gasteiger partial charge in [0, 0.05) is 12.1 Å². The molecule has 1 nitrogen and oxygen atoms in total. The van der Waals surface area contributed by atoms with Gasteiger partial charge in [-0.3, -0.25) is 0 Å². The molecule has 0 amide bonds. The largest absolute Gasteiger partial charge is 0.300 e. The fourth-order valence-corrected chi connectivity index (χ4v) is 1.41. The third-order valence-electron chi connectivity index (χ3n) is 2.81. The summed E-state index contributed by atoms with van der Waals surface area (Å²) >= 11 is 0. The third kappa shape index (κ3) is 1.51. The molecule has 62 valence electrons. The zero-order chi connectivity index (χ0) is 8.31. The van der Waals surface area contributed by atoms with E-state index in [-0.39, 0.29) is 0 Å². The Hall–Kier alpha value is -0.0400. The minimum atomic E-state index is 0.810. The molecule has 0 aromatic heterocycles. The van der Waals surface area contributed by atoms with E-state index in [2.05, 4.69) is 32.7 Å². The maximum atomic E-state index is 2.41. The highest BCUT2D eigenvalue weighted by Gasteiger charge is 2.35. The Morgan fingerprint density at radius 3 is 1.30 bits per heavy atom. The van der Waals surface area contributed by atoms with Gasteiger partial charge in [-0.15, -0.1) is 0 Å². The second kappa shape index (κ2) is 3.97. The lowest BCUT2D eigenvalue weighted by Gasteiger charge is -2.49. The van der Waals surface area contributed by atoms with Crippen LogP contribution in [0.1, 0.15) is 34.6 Å². The first-order valence-electron chi connectivity index (χ1n) is 4.36. The SMILES string of the molecule is CC.CC1C(C)N(C)C1C. The highest BCUT2D eigenvalue weighted by Crippen LogP contribution is 2.28. The van der Waals surface area contributed by atoms with Crippen LogP contribution >= 0.6 is 0 Å². The zero-order valence-electron chi connectivity index (χ0n) is 8.18. The van der Waals surface area contributed by atoms with Crippen molar-refractivity contribution in [3.63, 3.8) is 0 Å². The topological polar surface area (TPSA) is 3.24 Å². The van der Waals surface area contributed by atoms with Gasteiger partial charge in [-0.25, -0.2) is 0 Å².